The van der Waals surface area contributed by atoms with Gasteiger partial charge in [0, 0.05) is 25.0 Å². The smallest absolute Gasteiger partial charge is 0.340 e. The van der Waals surface area contributed by atoms with E-state index in [9.17, 15) is 14.9 Å². The third-order valence-corrected chi connectivity index (χ3v) is 4.71. The van der Waals surface area contributed by atoms with Crippen LogP contribution in [0.1, 0.15) is 28.8 Å². The van der Waals surface area contributed by atoms with Gasteiger partial charge in [0.2, 0.25) is 0 Å². The van der Waals surface area contributed by atoms with E-state index in [4.69, 9.17) is 16.3 Å². The Bertz CT molecular complexity index is 789. The van der Waals surface area contributed by atoms with Crippen LogP contribution in [0.4, 0.5) is 5.69 Å². The number of halogens is 1. The molecule has 1 aliphatic heterocycles. The lowest BCUT2D eigenvalue weighted by atomic mass is 9.84. The average Bonchev–Trinajstić information content (AvgIpc) is 2.63. The summed E-state index contributed by atoms with van der Waals surface area (Å²) < 4.78 is 5.88. The van der Waals surface area contributed by atoms with E-state index in [1.54, 1.807) is 0 Å². The standard InChI is InChI=1S/C18H17ClN2O4/c19-16-7-6-14(21(23)24)12-15(16)17(22)25-18(8-10-20-11-9-18)13-4-2-1-3-5-13/h1-7,12,20H,8-11H2. The number of ether oxygens (including phenoxy) is 1. The summed E-state index contributed by atoms with van der Waals surface area (Å²) in [4.78, 5) is 23.1. The molecule has 2 aromatic rings. The largest absolute Gasteiger partial charge is 0.450 e. The van der Waals surface area contributed by atoms with Crippen molar-refractivity contribution in [3.8, 4) is 0 Å². The summed E-state index contributed by atoms with van der Waals surface area (Å²) in [5.74, 6) is -0.653. The van der Waals surface area contributed by atoms with Crippen molar-refractivity contribution >= 4 is 23.3 Å². The van der Waals surface area contributed by atoms with Gasteiger partial charge in [-0.1, -0.05) is 41.9 Å². The van der Waals surface area contributed by atoms with Crippen LogP contribution in [0.5, 0.6) is 0 Å². The molecule has 0 bridgehead atoms. The van der Waals surface area contributed by atoms with Gasteiger partial charge in [-0.3, -0.25) is 10.1 Å². The Morgan fingerprint density at radius 2 is 1.84 bits per heavy atom. The van der Waals surface area contributed by atoms with Gasteiger partial charge in [0.1, 0.15) is 5.60 Å². The molecular formula is C18H17ClN2O4. The minimum Gasteiger partial charge on any atom is -0.450 e. The first-order chi connectivity index (χ1) is 12.0. The summed E-state index contributed by atoms with van der Waals surface area (Å²) in [5, 5.41) is 14.3. The van der Waals surface area contributed by atoms with Gasteiger partial charge in [-0.05, 0) is 24.7 Å². The number of piperidine rings is 1. The lowest BCUT2D eigenvalue weighted by Crippen LogP contribution is -2.43. The minimum absolute atomic E-state index is 0.00436. The summed E-state index contributed by atoms with van der Waals surface area (Å²) in [7, 11) is 0. The zero-order chi connectivity index (χ0) is 17.9. The van der Waals surface area contributed by atoms with E-state index in [2.05, 4.69) is 5.32 Å². The Hall–Kier alpha value is -2.44. The lowest BCUT2D eigenvalue weighted by Gasteiger charge is -2.37. The van der Waals surface area contributed by atoms with E-state index in [-0.39, 0.29) is 16.3 Å². The summed E-state index contributed by atoms with van der Waals surface area (Å²) in [6.07, 6.45) is 1.24. The molecule has 0 atom stereocenters. The van der Waals surface area contributed by atoms with E-state index in [1.165, 1.54) is 12.1 Å². The maximum absolute atomic E-state index is 12.7. The molecule has 0 radical (unpaired) electrons. The topological polar surface area (TPSA) is 81.5 Å². The first kappa shape index (κ1) is 17.4. The molecule has 1 heterocycles. The van der Waals surface area contributed by atoms with Gasteiger partial charge in [0.05, 0.1) is 15.5 Å². The second-order valence-electron chi connectivity index (χ2n) is 5.92. The zero-order valence-corrected chi connectivity index (χ0v) is 14.2. The number of hydrogen-bond donors (Lipinski definition) is 1. The highest BCUT2D eigenvalue weighted by Crippen LogP contribution is 2.36. The minimum atomic E-state index is -0.766. The van der Waals surface area contributed by atoms with Crippen LogP contribution in [-0.2, 0) is 10.3 Å². The predicted octanol–water partition coefficient (Wildman–Crippen LogP) is 3.68. The van der Waals surface area contributed by atoms with Crippen molar-refractivity contribution in [2.24, 2.45) is 0 Å². The van der Waals surface area contributed by atoms with E-state index in [1.807, 2.05) is 30.3 Å². The van der Waals surface area contributed by atoms with Gasteiger partial charge >= 0.3 is 5.97 Å². The number of nitrogens with one attached hydrogen (secondary N) is 1. The highest BCUT2D eigenvalue weighted by atomic mass is 35.5. The van der Waals surface area contributed by atoms with Crippen molar-refractivity contribution in [3.05, 3.63) is 74.8 Å². The highest BCUT2D eigenvalue weighted by molar-refractivity contribution is 6.33. The van der Waals surface area contributed by atoms with Crippen molar-refractivity contribution in [1.29, 1.82) is 0 Å². The van der Waals surface area contributed by atoms with Gasteiger partial charge < -0.3 is 10.1 Å². The normalized spacial score (nSPS) is 16.2. The van der Waals surface area contributed by atoms with Gasteiger partial charge in [0.15, 0.2) is 0 Å². The molecule has 0 saturated carbocycles. The predicted molar refractivity (Wildman–Crippen MR) is 93.7 cm³/mol. The maximum Gasteiger partial charge on any atom is 0.340 e. The second kappa shape index (κ2) is 7.21. The Labute approximate surface area is 149 Å². The van der Waals surface area contributed by atoms with Crippen molar-refractivity contribution in [2.75, 3.05) is 13.1 Å². The summed E-state index contributed by atoms with van der Waals surface area (Å²) in [5.41, 5.74) is -0.0519. The Balaban J connectivity index is 1.94. The third kappa shape index (κ3) is 3.65. The van der Waals surface area contributed by atoms with Gasteiger partial charge in [-0.25, -0.2) is 4.79 Å². The SMILES string of the molecule is O=C(OC1(c2ccccc2)CCNCC1)c1cc([N+](=O)[O-])ccc1Cl. The Kier molecular flexibility index (Phi) is 5.01. The third-order valence-electron chi connectivity index (χ3n) is 4.38. The van der Waals surface area contributed by atoms with Crippen LogP contribution >= 0.6 is 11.6 Å². The number of benzene rings is 2. The highest BCUT2D eigenvalue weighted by Gasteiger charge is 2.38. The number of esters is 1. The molecule has 3 rings (SSSR count). The fourth-order valence-electron chi connectivity index (χ4n) is 3.04. The fourth-order valence-corrected chi connectivity index (χ4v) is 3.23. The number of hydrogen-bond acceptors (Lipinski definition) is 5. The molecule has 0 unspecified atom stereocenters. The zero-order valence-electron chi connectivity index (χ0n) is 13.4. The maximum atomic E-state index is 12.7. The van der Waals surface area contributed by atoms with Crippen LogP contribution < -0.4 is 5.32 Å². The molecule has 7 heteroatoms. The molecule has 1 saturated heterocycles. The molecular weight excluding hydrogens is 344 g/mol. The van der Waals surface area contributed by atoms with E-state index in [0.717, 1.165) is 11.6 Å². The molecule has 0 spiro atoms. The lowest BCUT2D eigenvalue weighted by molar-refractivity contribution is -0.384. The molecule has 0 amide bonds. The molecule has 0 aliphatic carbocycles. The number of carbonyl (C=O) groups is 1. The molecule has 1 aliphatic rings. The van der Waals surface area contributed by atoms with Crippen LogP contribution in [-0.4, -0.2) is 24.0 Å². The number of nitro groups is 1. The quantitative estimate of drug-likeness (QED) is 0.511. The van der Waals surface area contributed by atoms with Crippen molar-refractivity contribution in [3.63, 3.8) is 0 Å². The number of rotatable bonds is 4. The first-order valence-corrected chi connectivity index (χ1v) is 8.33. The number of nitro benzene ring substituents is 1. The number of carbonyl (C=O) groups excluding carboxylic acids is 1. The van der Waals surface area contributed by atoms with Crippen molar-refractivity contribution in [2.45, 2.75) is 18.4 Å². The Morgan fingerprint density at radius 3 is 2.48 bits per heavy atom. The molecule has 2 aromatic carbocycles. The first-order valence-electron chi connectivity index (χ1n) is 7.95. The van der Waals surface area contributed by atoms with E-state index in [0.29, 0.717) is 25.9 Å². The van der Waals surface area contributed by atoms with E-state index >= 15 is 0 Å². The van der Waals surface area contributed by atoms with Crippen LogP contribution in [0.3, 0.4) is 0 Å². The monoisotopic (exact) mass is 360 g/mol. The second-order valence-corrected chi connectivity index (χ2v) is 6.33. The fraction of sp³-hybridized carbons (Fsp3) is 0.278. The van der Waals surface area contributed by atoms with Gasteiger partial charge in [-0.15, -0.1) is 0 Å². The van der Waals surface area contributed by atoms with Gasteiger partial charge in [0.25, 0.3) is 5.69 Å². The molecule has 1 N–H and O–H groups in total. The molecule has 130 valence electrons. The number of nitrogens with zero attached hydrogens (tertiary/aromatic N) is 1. The van der Waals surface area contributed by atoms with Crippen LogP contribution in [0.25, 0.3) is 0 Å². The van der Waals surface area contributed by atoms with Crippen LogP contribution in [0.2, 0.25) is 5.02 Å². The average molecular weight is 361 g/mol. The summed E-state index contributed by atoms with van der Waals surface area (Å²) >= 11 is 6.07. The Morgan fingerprint density at radius 1 is 1.16 bits per heavy atom. The van der Waals surface area contributed by atoms with Crippen molar-refractivity contribution in [1.82, 2.24) is 5.32 Å². The molecule has 6 nitrogen and oxygen atoms in total. The molecule has 1 fully saturated rings. The summed E-state index contributed by atoms with van der Waals surface area (Å²) in [6, 6.07) is 13.3. The summed E-state index contributed by atoms with van der Waals surface area (Å²) in [6.45, 7) is 1.43. The molecule has 0 aromatic heterocycles. The number of non-ortho nitro benzene ring substituents is 1. The van der Waals surface area contributed by atoms with Crippen LogP contribution in [0, 0.1) is 10.1 Å². The van der Waals surface area contributed by atoms with E-state index < -0.39 is 16.5 Å². The van der Waals surface area contributed by atoms with Crippen LogP contribution in [0.15, 0.2) is 48.5 Å². The van der Waals surface area contributed by atoms with Gasteiger partial charge in [-0.2, -0.15) is 0 Å². The molecule has 25 heavy (non-hydrogen) atoms. The van der Waals surface area contributed by atoms with Crippen molar-refractivity contribution < 1.29 is 14.5 Å².